The zero-order valence-corrected chi connectivity index (χ0v) is 17.5. The van der Waals surface area contributed by atoms with E-state index < -0.39 is 6.10 Å². The molecule has 3 aliphatic rings. The van der Waals surface area contributed by atoms with E-state index >= 15 is 0 Å². The molecule has 6 rings (SSSR count). The fourth-order valence-corrected chi connectivity index (χ4v) is 5.42. The summed E-state index contributed by atoms with van der Waals surface area (Å²) >= 11 is 0. The highest BCUT2D eigenvalue weighted by molar-refractivity contribution is 5.99. The number of carbonyl (C=O) groups excluding carboxylic acids is 1. The van der Waals surface area contributed by atoms with Crippen LogP contribution in [0.25, 0.3) is 5.69 Å². The molecule has 1 aliphatic heterocycles. The second-order valence-electron chi connectivity index (χ2n) is 9.24. The van der Waals surface area contributed by atoms with Gasteiger partial charge in [0.15, 0.2) is 0 Å². The van der Waals surface area contributed by atoms with Crippen LogP contribution < -0.4 is 0 Å². The highest BCUT2D eigenvalue weighted by atomic mass is 16.3. The molecule has 2 heterocycles. The standard InChI is InChI=1S/C26H27N3O2/c30-25-4-1-3-23(25)29-24(15-17-5-10-20(11-6-17)28-14-2-13-27-28)22-16-19(18-7-8-18)9-12-21(22)26(29)31/h2,5-6,9-14,16,18,23-25,30H,1,3-4,7-8,15H2. The van der Waals surface area contributed by atoms with E-state index in [0.29, 0.717) is 5.92 Å². The molecule has 0 saturated heterocycles. The summed E-state index contributed by atoms with van der Waals surface area (Å²) in [6, 6.07) is 16.7. The molecule has 2 aliphatic carbocycles. The Morgan fingerprint density at radius 3 is 2.55 bits per heavy atom. The third-order valence-electron chi connectivity index (χ3n) is 7.22. The van der Waals surface area contributed by atoms with E-state index in [1.54, 1.807) is 6.20 Å². The molecule has 1 amide bonds. The second-order valence-corrected chi connectivity index (χ2v) is 9.24. The predicted octanol–water partition coefficient (Wildman–Crippen LogP) is 4.40. The van der Waals surface area contributed by atoms with Crippen LogP contribution in [0.5, 0.6) is 0 Å². The fraction of sp³-hybridized carbons (Fsp3) is 0.385. The zero-order valence-electron chi connectivity index (χ0n) is 17.5. The molecule has 3 atom stereocenters. The second kappa shape index (κ2) is 7.34. The summed E-state index contributed by atoms with van der Waals surface area (Å²) in [5.41, 5.74) is 5.54. The molecule has 1 aromatic heterocycles. The highest BCUT2D eigenvalue weighted by Crippen LogP contribution is 2.45. The Bertz CT molecular complexity index is 1100. The largest absolute Gasteiger partial charge is 0.391 e. The third kappa shape index (κ3) is 3.28. The third-order valence-corrected chi connectivity index (χ3v) is 7.22. The lowest BCUT2D eigenvalue weighted by Crippen LogP contribution is -2.43. The van der Waals surface area contributed by atoms with E-state index in [9.17, 15) is 9.90 Å². The van der Waals surface area contributed by atoms with E-state index in [2.05, 4.69) is 41.5 Å². The topological polar surface area (TPSA) is 58.4 Å². The van der Waals surface area contributed by atoms with Crippen molar-refractivity contribution < 1.29 is 9.90 Å². The molecule has 31 heavy (non-hydrogen) atoms. The Labute approximate surface area is 182 Å². The molecule has 158 valence electrons. The van der Waals surface area contributed by atoms with E-state index in [0.717, 1.165) is 42.5 Å². The molecule has 1 N–H and O–H groups in total. The molecule has 0 spiro atoms. The van der Waals surface area contributed by atoms with E-state index in [1.165, 1.54) is 24.0 Å². The molecule has 0 radical (unpaired) electrons. The van der Waals surface area contributed by atoms with Crippen LogP contribution in [0.1, 0.15) is 71.1 Å². The molecular weight excluding hydrogens is 386 g/mol. The lowest BCUT2D eigenvalue weighted by molar-refractivity contribution is 0.0365. The van der Waals surface area contributed by atoms with Gasteiger partial charge >= 0.3 is 0 Å². The number of amides is 1. The van der Waals surface area contributed by atoms with E-state index in [-0.39, 0.29) is 18.0 Å². The summed E-state index contributed by atoms with van der Waals surface area (Å²) < 4.78 is 1.85. The average molecular weight is 414 g/mol. The van der Waals surface area contributed by atoms with Crippen LogP contribution >= 0.6 is 0 Å². The number of benzene rings is 2. The van der Waals surface area contributed by atoms with Gasteiger partial charge in [-0.25, -0.2) is 4.68 Å². The molecule has 5 nitrogen and oxygen atoms in total. The van der Waals surface area contributed by atoms with Gasteiger partial charge in [-0.3, -0.25) is 4.79 Å². The zero-order chi connectivity index (χ0) is 20.9. The van der Waals surface area contributed by atoms with Gasteiger partial charge in [0.1, 0.15) is 0 Å². The van der Waals surface area contributed by atoms with Crippen molar-refractivity contribution in [2.75, 3.05) is 0 Å². The number of aliphatic hydroxyl groups is 1. The summed E-state index contributed by atoms with van der Waals surface area (Å²) in [5, 5.41) is 14.9. The summed E-state index contributed by atoms with van der Waals surface area (Å²) in [6.45, 7) is 0. The minimum atomic E-state index is -0.425. The quantitative estimate of drug-likeness (QED) is 0.674. The fourth-order valence-electron chi connectivity index (χ4n) is 5.42. The van der Waals surface area contributed by atoms with Gasteiger partial charge in [-0.05, 0) is 85.4 Å². The van der Waals surface area contributed by atoms with Gasteiger partial charge in [-0.2, -0.15) is 5.10 Å². The van der Waals surface area contributed by atoms with Crippen molar-refractivity contribution >= 4 is 5.91 Å². The molecular formula is C26H27N3O2. The molecule has 3 unspecified atom stereocenters. The van der Waals surface area contributed by atoms with Gasteiger partial charge in [0.05, 0.1) is 23.9 Å². The van der Waals surface area contributed by atoms with Gasteiger partial charge in [0.25, 0.3) is 5.91 Å². The summed E-state index contributed by atoms with van der Waals surface area (Å²) in [4.78, 5) is 15.4. The van der Waals surface area contributed by atoms with Crippen molar-refractivity contribution in [3.63, 3.8) is 0 Å². The van der Waals surface area contributed by atoms with Crippen LogP contribution in [-0.4, -0.2) is 37.8 Å². The maximum absolute atomic E-state index is 13.4. The Morgan fingerprint density at radius 1 is 1.03 bits per heavy atom. The lowest BCUT2D eigenvalue weighted by atomic mass is 9.94. The molecule has 2 saturated carbocycles. The van der Waals surface area contributed by atoms with Crippen molar-refractivity contribution in [3.05, 3.63) is 83.2 Å². The minimum absolute atomic E-state index is 0.0190. The Balaban J connectivity index is 1.35. The summed E-state index contributed by atoms with van der Waals surface area (Å²) in [7, 11) is 0. The molecule has 3 aromatic rings. The SMILES string of the molecule is O=C1c2ccc(C3CC3)cc2C(Cc2ccc(-n3cccn3)cc2)N1C1CCCC1O. The number of nitrogens with zero attached hydrogens (tertiary/aromatic N) is 3. The number of fused-ring (bicyclic) bond motifs is 1. The Morgan fingerprint density at radius 2 is 1.87 bits per heavy atom. The average Bonchev–Trinajstić information content (AvgIpc) is 3.21. The van der Waals surface area contributed by atoms with Crippen LogP contribution in [0.3, 0.4) is 0 Å². The number of hydrogen-bond acceptors (Lipinski definition) is 3. The normalized spacial score (nSPS) is 25.3. The maximum Gasteiger partial charge on any atom is 0.255 e. The Hall–Kier alpha value is -2.92. The van der Waals surface area contributed by atoms with Gasteiger partial charge in [-0.1, -0.05) is 24.3 Å². The first-order valence-corrected chi connectivity index (χ1v) is 11.4. The first-order valence-electron chi connectivity index (χ1n) is 11.4. The molecule has 0 bridgehead atoms. The number of aliphatic hydroxyl groups excluding tert-OH is 1. The number of aromatic nitrogens is 2. The number of rotatable bonds is 5. The van der Waals surface area contributed by atoms with Crippen LogP contribution in [0.15, 0.2) is 60.9 Å². The first kappa shape index (κ1) is 18.8. The van der Waals surface area contributed by atoms with Crippen molar-refractivity contribution in [1.29, 1.82) is 0 Å². The molecule has 2 fully saturated rings. The van der Waals surface area contributed by atoms with E-state index in [4.69, 9.17) is 0 Å². The predicted molar refractivity (Wildman–Crippen MR) is 118 cm³/mol. The number of carbonyl (C=O) groups is 1. The maximum atomic E-state index is 13.4. The van der Waals surface area contributed by atoms with E-state index in [1.807, 2.05) is 27.9 Å². The van der Waals surface area contributed by atoms with Gasteiger partial charge in [0, 0.05) is 18.0 Å². The lowest BCUT2D eigenvalue weighted by Gasteiger charge is -2.33. The van der Waals surface area contributed by atoms with Crippen molar-refractivity contribution in [2.45, 2.75) is 62.6 Å². The van der Waals surface area contributed by atoms with Gasteiger partial charge in [0.2, 0.25) is 0 Å². The Kier molecular flexibility index (Phi) is 4.46. The molecule has 5 heteroatoms. The smallest absolute Gasteiger partial charge is 0.255 e. The van der Waals surface area contributed by atoms with Gasteiger partial charge in [-0.15, -0.1) is 0 Å². The molecule has 2 aromatic carbocycles. The van der Waals surface area contributed by atoms with Gasteiger partial charge < -0.3 is 10.0 Å². The first-order chi connectivity index (χ1) is 15.2. The van der Waals surface area contributed by atoms with Crippen LogP contribution in [-0.2, 0) is 6.42 Å². The van der Waals surface area contributed by atoms with Crippen molar-refractivity contribution in [1.82, 2.24) is 14.7 Å². The highest BCUT2D eigenvalue weighted by Gasteiger charge is 2.44. The van der Waals surface area contributed by atoms with Crippen LogP contribution in [0.2, 0.25) is 0 Å². The minimum Gasteiger partial charge on any atom is -0.391 e. The van der Waals surface area contributed by atoms with Crippen LogP contribution in [0.4, 0.5) is 0 Å². The van der Waals surface area contributed by atoms with Crippen molar-refractivity contribution in [2.24, 2.45) is 0 Å². The number of hydrogen-bond donors (Lipinski definition) is 1. The van der Waals surface area contributed by atoms with Crippen molar-refractivity contribution in [3.8, 4) is 5.69 Å². The summed E-state index contributed by atoms with van der Waals surface area (Å²) in [6.07, 6.45) is 9.18. The monoisotopic (exact) mass is 413 g/mol. The van der Waals surface area contributed by atoms with Crippen LogP contribution in [0, 0.1) is 0 Å². The summed E-state index contributed by atoms with van der Waals surface area (Å²) in [5.74, 6) is 0.738.